The van der Waals surface area contributed by atoms with Crippen molar-refractivity contribution in [1.82, 2.24) is 0 Å². The molecule has 1 saturated heterocycles. The summed E-state index contributed by atoms with van der Waals surface area (Å²) >= 11 is 0. The maximum absolute atomic E-state index is 11.4. The van der Waals surface area contributed by atoms with Crippen LogP contribution in [-0.2, 0) is 9.84 Å². The highest BCUT2D eigenvalue weighted by Gasteiger charge is 2.23. The van der Waals surface area contributed by atoms with Crippen molar-refractivity contribution in [2.24, 2.45) is 5.92 Å². The third-order valence-electron chi connectivity index (χ3n) is 3.37. The monoisotopic (exact) mass is 297 g/mol. The number of benzene rings is 1. The number of hydrogen-bond acceptors (Lipinski definition) is 4. The Labute approximate surface area is 121 Å². The molecule has 1 aliphatic rings. The van der Waals surface area contributed by atoms with Gasteiger partial charge in [-0.2, -0.15) is 0 Å². The number of sulfone groups is 1. The van der Waals surface area contributed by atoms with E-state index in [1.54, 1.807) is 0 Å². The zero-order valence-electron chi connectivity index (χ0n) is 12.1. The highest BCUT2D eigenvalue weighted by molar-refractivity contribution is 7.91. The minimum atomic E-state index is -2.81. The van der Waals surface area contributed by atoms with Gasteiger partial charge < -0.3 is 10.1 Å². The van der Waals surface area contributed by atoms with Gasteiger partial charge in [-0.15, -0.1) is 0 Å². The molecule has 20 heavy (non-hydrogen) atoms. The summed E-state index contributed by atoms with van der Waals surface area (Å²) in [5, 5.41) is 3.42. The van der Waals surface area contributed by atoms with Gasteiger partial charge in [0.15, 0.2) is 0 Å². The van der Waals surface area contributed by atoms with Gasteiger partial charge in [-0.3, -0.25) is 0 Å². The molecule has 1 fully saturated rings. The predicted octanol–water partition coefficient (Wildman–Crippen LogP) is 2.71. The van der Waals surface area contributed by atoms with Crippen LogP contribution in [0.25, 0.3) is 0 Å². The highest BCUT2D eigenvalue weighted by Crippen LogP contribution is 2.27. The van der Waals surface area contributed by atoms with Crippen molar-refractivity contribution < 1.29 is 13.2 Å². The largest absolute Gasteiger partial charge is 0.491 e. The van der Waals surface area contributed by atoms with Crippen LogP contribution in [0.15, 0.2) is 24.3 Å². The molecule has 0 amide bonds. The fourth-order valence-corrected chi connectivity index (χ4v) is 3.71. The normalized spacial score (nSPS) is 18.9. The first-order valence-electron chi connectivity index (χ1n) is 7.15. The second-order valence-corrected chi connectivity index (χ2v) is 8.08. The number of nitrogens with one attached hydrogen (secondary N) is 1. The molecule has 0 saturated carbocycles. The average molecular weight is 297 g/mol. The van der Waals surface area contributed by atoms with E-state index in [2.05, 4.69) is 19.2 Å². The van der Waals surface area contributed by atoms with Gasteiger partial charge in [0.25, 0.3) is 0 Å². The molecule has 2 rings (SSSR count). The maximum Gasteiger partial charge on any atom is 0.150 e. The smallest absolute Gasteiger partial charge is 0.150 e. The van der Waals surface area contributed by atoms with Gasteiger partial charge >= 0.3 is 0 Å². The summed E-state index contributed by atoms with van der Waals surface area (Å²) in [5.74, 6) is 1.87. The van der Waals surface area contributed by atoms with Crippen molar-refractivity contribution >= 4 is 15.5 Å². The number of para-hydroxylation sites is 2. The molecule has 0 bridgehead atoms. The molecule has 0 atom stereocenters. The van der Waals surface area contributed by atoms with Crippen LogP contribution in [0, 0.1) is 5.92 Å². The molecule has 0 aliphatic carbocycles. The lowest BCUT2D eigenvalue weighted by Crippen LogP contribution is -2.32. The van der Waals surface area contributed by atoms with E-state index in [0.717, 1.165) is 11.4 Å². The van der Waals surface area contributed by atoms with Gasteiger partial charge in [0.2, 0.25) is 0 Å². The summed E-state index contributed by atoms with van der Waals surface area (Å²) in [6.45, 7) is 4.90. The van der Waals surface area contributed by atoms with Crippen LogP contribution in [0.4, 0.5) is 5.69 Å². The Hall–Kier alpha value is -1.23. The summed E-state index contributed by atoms with van der Waals surface area (Å²) in [6.07, 6.45) is 1.34. The SMILES string of the molecule is CC(C)COc1ccccc1NC1CCS(=O)(=O)CC1. The molecule has 1 aliphatic heterocycles. The molecule has 4 nitrogen and oxygen atoms in total. The third-order valence-corrected chi connectivity index (χ3v) is 5.09. The van der Waals surface area contributed by atoms with Crippen LogP contribution in [-0.4, -0.2) is 32.6 Å². The molecule has 0 unspecified atom stereocenters. The van der Waals surface area contributed by atoms with Crippen molar-refractivity contribution in [2.45, 2.75) is 32.7 Å². The zero-order chi connectivity index (χ0) is 14.6. The lowest BCUT2D eigenvalue weighted by Gasteiger charge is -2.25. The second-order valence-electron chi connectivity index (χ2n) is 5.77. The molecule has 1 aromatic carbocycles. The summed E-state index contributed by atoms with van der Waals surface area (Å²) in [5.41, 5.74) is 0.956. The highest BCUT2D eigenvalue weighted by atomic mass is 32.2. The van der Waals surface area contributed by atoms with Crippen molar-refractivity contribution in [3.05, 3.63) is 24.3 Å². The van der Waals surface area contributed by atoms with Crippen LogP contribution in [0.5, 0.6) is 5.75 Å². The van der Waals surface area contributed by atoms with E-state index in [1.165, 1.54) is 0 Å². The van der Waals surface area contributed by atoms with Gasteiger partial charge in [0.05, 0.1) is 23.8 Å². The lowest BCUT2D eigenvalue weighted by molar-refractivity contribution is 0.272. The fourth-order valence-electron chi connectivity index (χ4n) is 2.22. The first-order valence-corrected chi connectivity index (χ1v) is 8.97. The summed E-state index contributed by atoms with van der Waals surface area (Å²) in [7, 11) is -2.81. The number of rotatable bonds is 5. The van der Waals surface area contributed by atoms with Crippen molar-refractivity contribution in [2.75, 3.05) is 23.4 Å². The topological polar surface area (TPSA) is 55.4 Å². The third kappa shape index (κ3) is 4.40. The van der Waals surface area contributed by atoms with E-state index in [-0.39, 0.29) is 17.5 Å². The summed E-state index contributed by atoms with van der Waals surface area (Å²) in [6, 6.07) is 8.06. The van der Waals surface area contributed by atoms with Crippen molar-refractivity contribution in [1.29, 1.82) is 0 Å². The Morgan fingerprint density at radius 1 is 1.25 bits per heavy atom. The maximum atomic E-state index is 11.4. The number of hydrogen-bond donors (Lipinski definition) is 1. The number of anilines is 1. The Bertz CT molecular complexity index is 526. The van der Waals surface area contributed by atoms with Crippen LogP contribution < -0.4 is 10.1 Å². The van der Waals surface area contributed by atoms with Crippen LogP contribution in [0.1, 0.15) is 26.7 Å². The molecule has 0 aromatic heterocycles. The second kappa shape index (κ2) is 6.48. The predicted molar refractivity (Wildman–Crippen MR) is 82.1 cm³/mol. The fraction of sp³-hybridized carbons (Fsp3) is 0.600. The standard InChI is InChI=1S/C15H23NO3S/c1-12(2)11-19-15-6-4-3-5-14(15)16-13-7-9-20(17,18)10-8-13/h3-6,12-13,16H,7-11H2,1-2H3. The molecule has 1 N–H and O–H groups in total. The van der Waals surface area contributed by atoms with Gasteiger partial charge in [-0.05, 0) is 30.9 Å². The molecule has 0 radical (unpaired) electrons. The van der Waals surface area contributed by atoms with Crippen molar-refractivity contribution in [3.8, 4) is 5.75 Å². The Morgan fingerprint density at radius 3 is 2.55 bits per heavy atom. The van der Waals surface area contributed by atoms with E-state index < -0.39 is 9.84 Å². The quantitative estimate of drug-likeness (QED) is 0.908. The van der Waals surface area contributed by atoms with Gasteiger partial charge in [-0.1, -0.05) is 26.0 Å². The van der Waals surface area contributed by atoms with E-state index in [0.29, 0.717) is 25.4 Å². The molecular weight excluding hydrogens is 274 g/mol. The van der Waals surface area contributed by atoms with Crippen LogP contribution >= 0.6 is 0 Å². The first-order chi connectivity index (χ1) is 9.46. The van der Waals surface area contributed by atoms with E-state index in [4.69, 9.17) is 4.74 Å². The molecule has 1 aromatic rings. The van der Waals surface area contributed by atoms with Gasteiger partial charge in [0.1, 0.15) is 15.6 Å². The molecular formula is C15H23NO3S. The minimum Gasteiger partial charge on any atom is -0.491 e. The molecule has 5 heteroatoms. The van der Waals surface area contributed by atoms with Gasteiger partial charge in [-0.25, -0.2) is 8.42 Å². The van der Waals surface area contributed by atoms with E-state index >= 15 is 0 Å². The first kappa shape index (κ1) is 15.2. The van der Waals surface area contributed by atoms with Crippen LogP contribution in [0.3, 0.4) is 0 Å². The lowest BCUT2D eigenvalue weighted by atomic mass is 10.1. The molecule has 112 valence electrons. The Balaban J connectivity index is 1.99. The Kier molecular flexibility index (Phi) is 4.91. The van der Waals surface area contributed by atoms with E-state index in [1.807, 2.05) is 24.3 Å². The number of ether oxygens (including phenoxy) is 1. The Morgan fingerprint density at radius 2 is 1.90 bits per heavy atom. The average Bonchev–Trinajstić information content (AvgIpc) is 2.40. The minimum absolute atomic E-state index is 0.210. The molecule has 1 heterocycles. The van der Waals surface area contributed by atoms with Crippen molar-refractivity contribution in [3.63, 3.8) is 0 Å². The summed E-state index contributed by atoms with van der Waals surface area (Å²) < 4.78 is 28.7. The van der Waals surface area contributed by atoms with Gasteiger partial charge in [0, 0.05) is 6.04 Å². The summed E-state index contributed by atoms with van der Waals surface area (Å²) in [4.78, 5) is 0. The van der Waals surface area contributed by atoms with Crippen LogP contribution in [0.2, 0.25) is 0 Å². The zero-order valence-corrected chi connectivity index (χ0v) is 12.9. The molecule has 0 spiro atoms. The van der Waals surface area contributed by atoms with E-state index in [9.17, 15) is 8.42 Å².